The van der Waals surface area contributed by atoms with E-state index in [-0.39, 0.29) is 5.54 Å². The van der Waals surface area contributed by atoms with Gasteiger partial charge in [0, 0.05) is 19.1 Å². The summed E-state index contributed by atoms with van der Waals surface area (Å²) < 4.78 is 37.8. The lowest BCUT2D eigenvalue weighted by Gasteiger charge is -2.40. The Bertz CT molecular complexity index is 438. The number of alkyl halides is 3. The van der Waals surface area contributed by atoms with Gasteiger partial charge in [0.15, 0.2) is 0 Å². The second-order valence-electron chi connectivity index (χ2n) is 5.09. The minimum Gasteiger partial charge on any atom is -0.377 e. The van der Waals surface area contributed by atoms with Crippen molar-refractivity contribution in [1.82, 2.24) is 0 Å². The van der Waals surface area contributed by atoms with Crippen LogP contribution in [0.1, 0.15) is 19.4 Å². The largest absolute Gasteiger partial charge is 0.416 e. The van der Waals surface area contributed by atoms with Crippen LogP contribution in [-0.2, 0) is 6.18 Å². The number of halogens is 3. The topological polar surface area (TPSA) is 15.3 Å². The van der Waals surface area contributed by atoms with Crippen LogP contribution in [0.5, 0.6) is 0 Å². The summed E-state index contributed by atoms with van der Waals surface area (Å²) in [7, 11) is 1.88. The number of nitrogens with zero attached hydrogens (tertiary/aromatic N) is 1. The Balaban J connectivity index is 2.45. The molecule has 2 rings (SSSR count). The van der Waals surface area contributed by atoms with Gasteiger partial charge in [-0.05, 0) is 32.0 Å². The number of anilines is 2. The molecule has 0 saturated heterocycles. The molecule has 0 spiro atoms. The Kier molecular flexibility index (Phi) is 2.52. The van der Waals surface area contributed by atoms with Crippen molar-refractivity contribution in [2.75, 3.05) is 23.8 Å². The van der Waals surface area contributed by atoms with Crippen LogP contribution in [0, 0.1) is 0 Å². The molecule has 0 aromatic heterocycles. The van der Waals surface area contributed by atoms with Crippen LogP contribution < -0.4 is 10.2 Å². The van der Waals surface area contributed by atoms with Crippen LogP contribution in [-0.4, -0.2) is 19.1 Å². The Labute approximate surface area is 98.4 Å². The predicted molar refractivity (Wildman–Crippen MR) is 62.4 cm³/mol. The van der Waals surface area contributed by atoms with Crippen molar-refractivity contribution in [3.8, 4) is 0 Å². The Morgan fingerprint density at radius 3 is 2.53 bits per heavy atom. The highest BCUT2D eigenvalue weighted by molar-refractivity contribution is 5.74. The summed E-state index contributed by atoms with van der Waals surface area (Å²) in [6.07, 6.45) is -4.29. The molecule has 1 aromatic rings. The van der Waals surface area contributed by atoms with Crippen molar-refractivity contribution < 1.29 is 13.2 Å². The first kappa shape index (κ1) is 12.1. The lowest BCUT2D eigenvalue weighted by Crippen LogP contribution is -2.47. The maximum Gasteiger partial charge on any atom is 0.416 e. The van der Waals surface area contributed by atoms with Gasteiger partial charge in [-0.25, -0.2) is 0 Å². The molecular formula is C12H15F3N2. The maximum absolute atomic E-state index is 12.6. The number of hydrogen-bond acceptors (Lipinski definition) is 2. The standard InChI is InChI=1S/C12H15F3N2/c1-11(2)7-17(3)10-5-4-8(12(13,14)15)6-9(10)16-11/h4-6,16H,7H2,1-3H3. The van der Waals surface area contributed by atoms with Gasteiger partial charge in [0.1, 0.15) is 0 Å². The van der Waals surface area contributed by atoms with Gasteiger partial charge < -0.3 is 10.2 Å². The maximum atomic E-state index is 12.6. The summed E-state index contributed by atoms with van der Waals surface area (Å²) in [4.78, 5) is 1.96. The van der Waals surface area contributed by atoms with Crippen LogP contribution in [0.15, 0.2) is 18.2 Å². The molecule has 0 bridgehead atoms. The van der Waals surface area contributed by atoms with Crippen molar-refractivity contribution in [2.45, 2.75) is 25.6 Å². The minimum absolute atomic E-state index is 0.230. The lowest BCUT2D eigenvalue weighted by molar-refractivity contribution is -0.137. The molecule has 0 saturated carbocycles. The second-order valence-corrected chi connectivity index (χ2v) is 5.09. The molecule has 1 aliphatic heterocycles. The highest BCUT2D eigenvalue weighted by Gasteiger charge is 2.33. The molecule has 0 unspecified atom stereocenters. The van der Waals surface area contributed by atoms with Crippen LogP contribution >= 0.6 is 0 Å². The summed E-state index contributed by atoms with van der Waals surface area (Å²) in [6, 6.07) is 3.81. The fourth-order valence-electron chi connectivity index (χ4n) is 2.23. The third-order valence-electron chi connectivity index (χ3n) is 2.84. The van der Waals surface area contributed by atoms with Crippen LogP contribution in [0.4, 0.5) is 24.5 Å². The van der Waals surface area contributed by atoms with E-state index in [0.717, 1.165) is 18.3 Å². The van der Waals surface area contributed by atoms with Crippen molar-refractivity contribution >= 4 is 11.4 Å². The molecule has 94 valence electrons. The number of likely N-dealkylation sites (N-methyl/N-ethyl adjacent to an activating group) is 1. The van der Waals surface area contributed by atoms with E-state index in [1.165, 1.54) is 12.1 Å². The Morgan fingerprint density at radius 1 is 1.29 bits per heavy atom. The summed E-state index contributed by atoms with van der Waals surface area (Å²) >= 11 is 0. The molecule has 1 heterocycles. The Morgan fingerprint density at radius 2 is 1.94 bits per heavy atom. The quantitative estimate of drug-likeness (QED) is 0.753. The zero-order valence-electron chi connectivity index (χ0n) is 10.0. The first-order valence-corrected chi connectivity index (χ1v) is 5.40. The summed E-state index contributed by atoms with van der Waals surface area (Å²) in [5.74, 6) is 0. The number of hydrogen-bond donors (Lipinski definition) is 1. The summed E-state index contributed by atoms with van der Waals surface area (Å²) in [6.45, 7) is 4.69. The lowest BCUT2D eigenvalue weighted by atomic mass is 9.99. The van der Waals surface area contributed by atoms with Gasteiger partial charge in [-0.1, -0.05) is 0 Å². The molecule has 1 N–H and O–H groups in total. The number of rotatable bonds is 0. The first-order chi connectivity index (χ1) is 7.69. The zero-order chi connectivity index (χ0) is 12.8. The molecule has 0 amide bonds. The van der Waals surface area contributed by atoms with Crippen LogP contribution in [0.2, 0.25) is 0 Å². The minimum atomic E-state index is -4.29. The number of benzene rings is 1. The third-order valence-corrected chi connectivity index (χ3v) is 2.84. The highest BCUT2D eigenvalue weighted by Crippen LogP contribution is 2.38. The van der Waals surface area contributed by atoms with Gasteiger partial charge in [0.2, 0.25) is 0 Å². The van der Waals surface area contributed by atoms with E-state index < -0.39 is 11.7 Å². The van der Waals surface area contributed by atoms with Crippen molar-refractivity contribution in [1.29, 1.82) is 0 Å². The molecule has 1 aliphatic rings. The summed E-state index contributed by atoms with van der Waals surface area (Å²) in [5, 5.41) is 3.14. The van der Waals surface area contributed by atoms with Crippen molar-refractivity contribution in [2.24, 2.45) is 0 Å². The fourth-order valence-corrected chi connectivity index (χ4v) is 2.23. The van der Waals surface area contributed by atoms with Crippen LogP contribution in [0.25, 0.3) is 0 Å². The van der Waals surface area contributed by atoms with Gasteiger partial charge in [-0.3, -0.25) is 0 Å². The highest BCUT2D eigenvalue weighted by atomic mass is 19.4. The molecule has 17 heavy (non-hydrogen) atoms. The average molecular weight is 244 g/mol. The van der Waals surface area contributed by atoms with E-state index in [4.69, 9.17) is 0 Å². The molecule has 5 heteroatoms. The van der Waals surface area contributed by atoms with Gasteiger partial charge in [0.25, 0.3) is 0 Å². The summed E-state index contributed by atoms with van der Waals surface area (Å²) in [5.41, 5.74) is 0.497. The van der Waals surface area contributed by atoms with Crippen molar-refractivity contribution in [3.63, 3.8) is 0 Å². The smallest absolute Gasteiger partial charge is 0.377 e. The van der Waals surface area contributed by atoms with E-state index in [0.29, 0.717) is 5.69 Å². The van der Waals surface area contributed by atoms with Gasteiger partial charge >= 0.3 is 6.18 Å². The predicted octanol–water partition coefficient (Wildman–Crippen LogP) is 3.35. The van der Waals surface area contributed by atoms with E-state index in [9.17, 15) is 13.2 Å². The number of nitrogens with one attached hydrogen (secondary N) is 1. The Hall–Kier alpha value is -1.39. The first-order valence-electron chi connectivity index (χ1n) is 5.40. The molecule has 2 nitrogen and oxygen atoms in total. The van der Waals surface area contributed by atoms with Gasteiger partial charge in [0.05, 0.1) is 16.9 Å². The second kappa shape index (κ2) is 3.55. The molecule has 0 aliphatic carbocycles. The van der Waals surface area contributed by atoms with E-state index >= 15 is 0 Å². The van der Waals surface area contributed by atoms with E-state index in [2.05, 4.69) is 5.32 Å². The average Bonchev–Trinajstić information content (AvgIpc) is 2.13. The molecular weight excluding hydrogens is 229 g/mol. The molecule has 1 aromatic carbocycles. The van der Waals surface area contributed by atoms with Crippen LogP contribution in [0.3, 0.4) is 0 Å². The van der Waals surface area contributed by atoms with E-state index in [1.54, 1.807) is 0 Å². The monoisotopic (exact) mass is 244 g/mol. The molecule has 0 radical (unpaired) electrons. The zero-order valence-corrected chi connectivity index (χ0v) is 10.0. The van der Waals surface area contributed by atoms with Gasteiger partial charge in [-0.15, -0.1) is 0 Å². The third kappa shape index (κ3) is 2.33. The van der Waals surface area contributed by atoms with Crippen molar-refractivity contribution in [3.05, 3.63) is 23.8 Å². The number of fused-ring (bicyclic) bond motifs is 1. The van der Waals surface area contributed by atoms with E-state index in [1.807, 2.05) is 25.8 Å². The normalized spacial score (nSPS) is 18.6. The molecule has 0 atom stereocenters. The fraction of sp³-hybridized carbons (Fsp3) is 0.500. The SMILES string of the molecule is CN1CC(C)(C)Nc2cc(C(F)(F)F)ccc21. The molecule has 0 fully saturated rings. The van der Waals surface area contributed by atoms with Gasteiger partial charge in [-0.2, -0.15) is 13.2 Å².